The van der Waals surface area contributed by atoms with Gasteiger partial charge in [-0.2, -0.15) is 5.26 Å². The van der Waals surface area contributed by atoms with Crippen LogP contribution in [0.3, 0.4) is 0 Å². The van der Waals surface area contributed by atoms with Crippen LogP contribution < -0.4 is 19.5 Å². The Kier molecular flexibility index (Phi) is 9.57. The lowest BCUT2D eigenvalue weighted by molar-refractivity contribution is -0.142. The van der Waals surface area contributed by atoms with E-state index in [9.17, 15) is 14.9 Å². The summed E-state index contributed by atoms with van der Waals surface area (Å²) >= 11 is 3.40. The molecule has 32 heavy (non-hydrogen) atoms. The van der Waals surface area contributed by atoms with Crippen LogP contribution in [0.25, 0.3) is 6.08 Å². The molecule has 8 nitrogen and oxygen atoms in total. The van der Waals surface area contributed by atoms with E-state index in [4.69, 9.17) is 14.2 Å². The molecular formula is C23H23BrN2O6. The predicted octanol–water partition coefficient (Wildman–Crippen LogP) is 3.63. The number of hydrogen-bond acceptors (Lipinski definition) is 7. The number of hydrogen-bond donors (Lipinski definition) is 1. The summed E-state index contributed by atoms with van der Waals surface area (Å²) in [5, 5.41) is 12.2. The molecule has 0 aliphatic heterocycles. The van der Waals surface area contributed by atoms with Gasteiger partial charge in [-0.25, -0.2) is 4.79 Å². The zero-order valence-electron chi connectivity index (χ0n) is 17.9. The lowest BCUT2D eigenvalue weighted by atomic mass is 10.1. The fourth-order valence-corrected chi connectivity index (χ4v) is 3.00. The Hall–Kier alpha value is -3.51. The summed E-state index contributed by atoms with van der Waals surface area (Å²) in [6, 6.07) is 12.4. The molecular weight excluding hydrogens is 480 g/mol. The average Bonchev–Trinajstić information content (AvgIpc) is 2.81. The van der Waals surface area contributed by atoms with Crippen LogP contribution in [0.2, 0.25) is 0 Å². The van der Waals surface area contributed by atoms with Crippen LogP contribution in [0, 0.1) is 11.3 Å². The fraction of sp³-hybridized carbons (Fsp3) is 0.261. The summed E-state index contributed by atoms with van der Waals surface area (Å²) in [6.45, 7) is 2.13. The number of esters is 1. The first kappa shape index (κ1) is 24.8. The van der Waals surface area contributed by atoms with Gasteiger partial charge >= 0.3 is 5.97 Å². The summed E-state index contributed by atoms with van der Waals surface area (Å²) < 4.78 is 21.3. The van der Waals surface area contributed by atoms with Crippen molar-refractivity contribution in [2.24, 2.45) is 0 Å². The van der Waals surface area contributed by atoms with Crippen molar-refractivity contribution in [1.29, 1.82) is 5.26 Å². The molecule has 0 atom stereocenters. The van der Waals surface area contributed by atoms with Crippen molar-refractivity contribution in [2.75, 3.05) is 27.4 Å². The second-order valence-corrected chi connectivity index (χ2v) is 7.17. The number of carbonyl (C=O) groups excluding carboxylic acids is 2. The van der Waals surface area contributed by atoms with Gasteiger partial charge in [0.05, 0.1) is 20.8 Å². The van der Waals surface area contributed by atoms with Crippen molar-refractivity contribution in [3.63, 3.8) is 0 Å². The van der Waals surface area contributed by atoms with Gasteiger partial charge in [0.15, 0.2) is 18.1 Å². The first-order valence-corrected chi connectivity index (χ1v) is 10.4. The summed E-state index contributed by atoms with van der Waals surface area (Å²) in [4.78, 5) is 23.9. The molecule has 2 aromatic carbocycles. The molecule has 0 bridgehead atoms. The molecule has 9 heteroatoms. The second-order valence-electron chi connectivity index (χ2n) is 6.32. The minimum atomic E-state index is -0.534. The van der Waals surface area contributed by atoms with E-state index in [1.165, 1.54) is 13.2 Å². The number of ether oxygens (including phenoxy) is 4. The molecule has 0 unspecified atom stereocenters. The average molecular weight is 503 g/mol. The van der Waals surface area contributed by atoms with Crippen LogP contribution in [-0.4, -0.2) is 39.3 Å². The van der Waals surface area contributed by atoms with E-state index in [0.717, 1.165) is 5.56 Å². The number of nitrogens with one attached hydrogen (secondary N) is 1. The standard InChI is InChI=1S/C23H23BrN2O6/c1-4-31-20-10-16(19(24)11-21(20)32-14-22(27)30-3)9-17(12-25)23(28)26-13-15-5-7-18(29-2)8-6-15/h5-11H,4,13-14H2,1-3H3,(H,26,28)/b17-9-. The quantitative estimate of drug-likeness (QED) is 0.300. The molecule has 0 heterocycles. The van der Waals surface area contributed by atoms with Crippen LogP contribution in [0.1, 0.15) is 18.1 Å². The van der Waals surface area contributed by atoms with Crippen molar-refractivity contribution in [1.82, 2.24) is 5.32 Å². The zero-order chi connectivity index (χ0) is 23.5. The number of nitrogens with zero attached hydrogens (tertiary/aromatic N) is 1. The van der Waals surface area contributed by atoms with Crippen molar-refractivity contribution in [3.8, 4) is 23.3 Å². The third kappa shape index (κ3) is 7.03. The zero-order valence-corrected chi connectivity index (χ0v) is 19.5. The van der Waals surface area contributed by atoms with Gasteiger partial charge in [-0.15, -0.1) is 0 Å². The van der Waals surface area contributed by atoms with Crippen molar-refractivity contribution in [3.05, 3.63) is 57.6 Å². The number of nitriles is 1. The van der Waals surface area contributed by atoms with Gasteiger partial charge in [0.25, 0.3) is 5.91 Å². The summed E-state index contributed by atoms with van der Waals surface area (Å²) in [6.07, 6.45) is 1.44. The lowest BCUT2D eigenvalue weighted by Crippen LogP contribution is -2.23. The van der Waals surface area contributed by atoms with Gasteiger partial charge in [-0.3, -0.25) is 4.79 Å². The minimum absolute atomic E-state index is 0.0788. The summed E-state index contributed by atoms with van der Waals surface area (Å²) in [5.41, 5.74) is 1.32. The maximum absolute atomic E-state index is 12.5. The van der Waals surface area contributed by atoms with E-state index >= 15 is 0 Å². The number of benzene rings is 2. The normalized spacial score (nSPS) is 10.7. The first-order chi connectivity index (χ1) is 15.4. The Labute approximate surface area is 194 Å². The molecule has 1 amide bonds. The third-order valence-electron chi connectivity index (χ3n) is 4.21. The molecule has 0 aromatic heterocycles. The van der Waals surface area contributed by atoms with Crippen molar-refractivity contribution < 1.29 is 28.5 Å². The van der Waals surface area contributed by atoms with Gasteiger partial charge in [0, 0.05) is 11.0 Å². The maximum atomic E-state index is 12.5. The van der Waals surface area contributed by atoms with E-state index in [1.54, 1.807) is 38.3 Å². The molecule has 1 N–H and O–H groups in total. The molecule has 0 aliphatic carbocycles. The van der Waals surface area contributed by atoms with E-state index in [-0.39, 0.29) is 18.7 Å². The van der Waals surface area contributed by atoms with Crippen molar-refractivity contribution in [2.45, 2.75) is 13.5 Å². The van der Waals surface area contributed by atoms with Crippen LogP contribution >= 0.6 is 15.9 Å². The molecule has 0 radical (unpaired) electrons. The van der Waals surface area contributed by atoms with Crippen LogP contribution in [0.15, 0.2) is 46.4 Å². The Bertz CT molecular complexity index is 1030. The van der Waals surface area contributed by atoms with Gasteiger partial charge in [0.2, 0.25) is 0 Å². The van der Waals surface area contributed by atoms with Crippen LogP contribution in [0.4, 0.5) is 0 Å². The molecule has 0 saturated heterocycles. The van der Waals surface area contributed by atoms with E-state index in [1.807, 2.05) is 18.2 Å². The van der Waals surface area contributed by atoms with Gasteiger partial charge < -0.3 is 24.3 Å². The van der Waals surface area contributed by atoms with Gasteiger partial charge in [0.1, 0.15) is 17.4 Å². The SMILES string of the molecule is CCOc1cc(/C=C(/C#N)C(=O)NCc2ccc(OC)cc2)c(Br)cc1OCC(=O)OC. The van der Waals surface area contributed by atoms with Gasteiger partial charge in [-0.1, -0.05) is 28.1 Å². The first-order valence-electron chi connectivity index (χ1n) is 9.60. The molecule has 0 aliphatic rings. The molecule has 0 saturated carbocycles. The molecule has 0 spiro atoms. The minimum Gasteiger partial charge on any atom is -0.497 e. The second kappa shape index (κ2) is 12.4. The largest absolute Gasteiger partial charge is 0.497 e. The fourth-order valence-electron chi connectivity index (χ4n) is 2.56. The predicted molar refractivity (Wildman–Crippen MR) is 121 cm³/mol. The highest BCUT2D eigenvalue weighted by Gasteiger charge is 2.15. The van der Waals surface area contributed by atoms with Gasteiger partial charge in [-0.05, 0) is 48.4 Å². The van der Waals surface area contributed by atoms with E-state index < -0.39 is 11.9 Å². The lowest BCUT2D eigenvalue weighted by Gasteiger charge is -2.13. The molecule has 2 aromatic rings. The van der Waals surface area contributed by atoms with Crippen molar-refractivity contribution >= 4 is 33.9 Å². The molecule has 2 rings (SSSR count). The number of methoxy groups -OCH3 is 2. The Morgan fingerprint density at radius 2 is 1.81 bits per heavy atom. The highest BCUT2D eigenvalue weighted by molar-refractivity contribution is 9.10. The maximum Gasteiger partial charge on any atom is 0.343 e. The molecule has 0 fully saturated rings. The smallest absolute Gasteiger partial charge is 0.343 e. The number of amides is 1. The monoisotopic (exact) mass is 502 g/mol. The highest BCUT2D eigenvalue weighted by atomic mass is 79.9. The van der Waals surface area contributed by atoms with E-state index in [0.29, 0.717) is 33.9 Å². The number of carbonyl (C=O) groups is 2. The molecule has 168 valence electrons. The third-order valence-corrected chi connectivity index (χ3v) is 4.90. The topological polar surface area (TPSA) is 107 Å². The Morgan fingerprint density at radius 1 is 1.12 bits per heavy atom. The summed E-state index contributed by atoms with van der Waals surface area (Å²) in [5.74, 6) is 0.351. The van der Waals surface area contributed by atoms with E-state index in [2.05, 4.69) is 26.0 Å². The van der Waals surface area contributed by atoms with Crippen LogP contribution in [-0.2, 0) is 20.9 Å². The Morgan fingerprint density at radius 3 is 2.41 bits per heavy atom. The number of halogens is 1. The Balaban J connectivity index is 2.20. The highest BCUT2D eigenvalue weighted by Crippen LogP contribution is 2.35. The number of rotatable bonds is 10. The summed E-state index contributed by atoms with van der Waals surface area (Å²) in [7, 11) is 2.84. The van der Waals surface area contributed by atoms with Crippen LogP contribution in [0.5, 0.6) is 17.2 Å².